The van der Waals surface area contributed by atoms with Gasteiger partial charge in [-0.1, -0.05) is 72.8 Å². The van der Waals surface area contributed by atoms with Crippen molar-refractivity contribution < 1.29 is 9.13 Å². The first-order valence-electron chi connectivity index (χ1n) is 10.6. The Morgan fingerprint density at radius 2 is 1.44 bits per heavy atom. The van der Waals surface area contributed by atoms with E-state index in [0.717, 1.165) is 39.0 Å². The third kappa shape index (κ3) is 2.54. The minimum atomic E-state index is -1.77. The smallest absolute Gasteiger partial charge is 0.188 e. The number of aromatic nitrogens is 1. The van der Waals surface area contributed by atoms with Crippen molar-refractivity contribution >= 4 is 10.9 Å². The Bertz CT molecular complexity index is 1460. The van der Waals surface area contributed by atoms with E-state index in [-0.39, 0.29) is 0 Å². The zero-order valence-corrected chi connectivity index (χ0v) is 17.5. The highest BCUT2D eigenvalue weighted by molar-refractivity contribution is 6.02. The molecule has 1 heterocycles. The third-order valence-corrected chi connectivity index (χ3v) is 6.34. The van der Waals surface area contributed by atoms with Crippen LogP contribution in [0.25, 0.3) is 33.3 Å². The number of pyridine rings is 1. The summed E-state index contributed by atoms with van der Waals surface area (Å²) in [5, 5.41) is 0.835. The molecule has 1 aliphatic rings. The average Bonchev–Trinajstić information content (AvgIpc) is 3.15. The van der Waals surface area contributed by atoms with Crippen LogP contribution in [0.3, 0.4) is 0 Å². The van der Waals surface area contributed by atoms with Gasteiger partial charge in [-0.15, -0.1) is 0 Å². The molecule has 1 atom stereocenters. The van der Waals surface area contributed by atoms with E-state index in [9.17, 15) is 0 Å². The van der Waals surface area contributed by atoms with Crippen LogP contribution in [0.2, 0.25) is 0 Å². The van der Waals surface area contributed by atoms with Crippen LogP contribution < -0.4 is 4.74 Å². The van der Waals surface area contributed by atoms with Gasteiger partial charge in [-0.3, -0.25) is 0 Å². The number of ether oxygens (including phenoxy) is 1. The maximum atomic E-state index is 17.5. The predicted molar refractivity (Wildman–Crippen MR) is 127 cm³/mol. The molecule has 3 heteroatoms. The lowest BCUT2D eigenvalue weighted by Crippen LogP contribution is -2.21. The number of hydrogen-bond acceptors (Lipinski definition) is 2. The van der Waals surface area contributed by atoms with Crippen LogP contribution in [-0.4, -0.2) is 12.1 Å². The molecule has 0 saturated carbocycles. The molecule has 0 N–H and O–H groups in total. The highest BCUT2D eigenvalue weighted by Crippen LogP contribution is 2.57. The minimum Gasteiger partial charge on any atom is -0.497 e. The second kappa shape index (κ2) is 7.03. The van der Waals surface area contributed by atoms with E-state index in [1.54, 1.807) is 7.11 Å². The molecule has 2 nitrogen and oxygen atoms in total. The van der Waals surface area contributed by atoms with E-state index < -0.39 is 5.67 Å². The van der Waals surface area contributed by atoms with Crippen molar-refractivity contribution in [3.05, 3.63) is 120 Å². The molecule has 0 spiro atoms. The van der Waals surface area contributed by atoms with Gasteiger partial charge in [0, 0.05) is 27.6 Å². The molecule has 0 aliphatic heterocycles. The van der Waals surface area contributed by atoms with Gasteiger partial charge in [-0.25, -0.2) is 9.37 Å². The number of hydrogen-bond donors (Lipinski definition) is 0. The summed E-state index contributed by atoms with van der Waals surface area (Å²) < 4.78 is 22.9. The van der Waals surface area contributed by atoms with Crippen molar-refractivity contribution in [3.63, 3.8) is 0 Å². The standard InChI is InChI=1S/C29H20FNO/c1-32-21-17-15-19(16-18-21)28-26-22-11-5-7-13-24(22)29(30,20-9-3-2-4-10-20)27(26)23-12-6-8-14-25(23)31-28/h2-18H,1H3. The van der Waals surface area contributed by atoms with Crippen molar-refractivity contribution in [3.8, 4) is 28.1 Å². The number of methoxy groups -OCH3 is 1. The number of nitrogens with zero attached hydrogens (tertiary/aromatic N) is 1. The molecule has 0 radical (unpaired) electrons. The summed E-state index contributed by atoms with van der Waals surface area (Å²) >= 11 is 0. The van der Waals surface area contributed by atoms with Crippen LogP contribution in [0.4, 0.5) is 4.39 Å². The molecule has 0 saturated heterocycles. The first-order chi connectivity index (χ1) is 15.7. The Labute approximate surface area is 186 Å². The second-order valence-corrected chi connectivity index (χ2v) is 8.03. The molecule has 6 rings (SSSR count). The van der Waals surface area contributed by atoms with Crippen molar-refractivity contribution in [2.24, 2.45) is 0 Å². The fraction of sp³-hybridized carbons (Fsp3) is 0.0690. The summed E-state index contributed by atoms with van der Waals surface area (Å²) in [6.45, 7) is 0. The van der Waals surface area contributed by atoms with E-state index in [4.69, 9.17) is 9.72 Å². The van der Waals surface area contributed by atoms with Gasteiger partial charge in [-0.2, -0.15) is 0 Å². The molecule has 1 aromatic heterocycles. The van der Waals surface area contributed by atoms with Gasteiger partial charge < -0.3 is 4.74 Å². The van der Waals surface area contributed by atoms with E-state index in [1.165, 1.54) is 0 Å². The fourth-order valence-electron chi connectivity index (χ4n) is 4.89. The van der Waals surface area contributed by atoms with Crippen LogP contribution in [0, 0.1) is 0 Å². The zero-order chi connectivity index (χ0) is 21.7. The number of rotatable bonds is 3. The third-order valence-electron chi connectivity index (χ3n) is 6.34. The molecule has 0 bridgehead atoms. The Morgan fingerprint density at radius 3 is 2.22 bits per heavy atom. The average molecular weight is 417 g/mol. The van der Waals surface area contributed by atoms with E-state index in [0.29, 0.717) is 16.7 Å². The Morgan fingerprint density at radius 1 is 0.750 bits per heavy atom. The van der Waals surface area contributed by atoms with Gasteiger partial charge in [0.2, 0.25) is 0 Å². The topological polar surface area (TPSA) is 22.1 Å². The Kier molecular flexibility index (Phi) is 4.12. The quantitative estimate of drug-likeness (QED) is 0.311. The largest absolute Gasteiger partial charge is 0.497 e. The van der Waals surface area contributed by atoms with Gasteiger partial charge >= 0.3 is 0 Å². The lowest BCUT2D eigenvalue weighted by atomic mass is 9.84. The van der Waals surface area contributed by atoms with Crippen LogP contribution in [0.15, 0.2) is 103 Å². The molecule has 1 aliphatic carbocycles. The second-order valence-electron chi connectivity index (χ2n) is 8.03. The maximum absolute atomic E-state index is 17.5. The Hall–Kier alpha value is -3.98. The maximum Gasteiger partial charge on any atom is 0.188 e. The predicted octanol–water partition coefficient (Wildman–Crippen LogP) is 7.15. The van der Waals surface area contributed by atoms with Crippen molar-refractivity contribution in [2.45, 2.75) is 5.67 Å². The molecular formula is C29H20FNO. The highest BCUT2D eigenvalue weighted by atomic mass is 19.1. The van der Waals surface area contributed by atoms with Crippen molar-refractivity contribution in [2.75, 3.05) is 7.11 Å². The lowest BCUT2D eigenvalue weighted by Gasteiger charge is -2.25. The first-order valence-corrected chi connectivity index (χ1v) is 10.6. The van der Waals surface area contributed by atoms with E-state index in [1.807, 2.05) is 103 Å². The molecule has 0 fully saturated rings. The highest BCUT2D eigenvalue weighted by Gasteiger charge is 2.47. The zero-order valence-electron chi connectivity index (χ0n) is 17.5. The molecule has 4 aromatic carbocycles. The molecule has 0 amide bonds. The summed E-state index contributed by atoms with van der Waals surface area (Å²) in [7, 11) is 1.65. The number of para-hydroxylation sites is 1. The lowest BCUT2D eigenvalue weighted by molar-refractivity contribution is 0.290. The number of halogens is 1. The summed E-state index contributed by atoms with van der Waals surface area (Å²) in [5.74, 6) is 0.774. The minimum absolute atomic E-state index is 0.628. The van der Waals surface area contributed by atoms with Crippen LogP contribution in [-0.2, 0) is 5.67 Å². The van der Waals surface area contributed by atoms with Gasteiger partial charge in [0.25, 0.3) is 0 Å². The summed E-state index contributed by atoms with van der Waals surface area (Å²) in [4.78, 5) is 5.02. The van der Waals surface area contributed by atoms with Crippen molar-refractivity contribution in [1.82, 2.24) is 4.98 Å². The van der Waals surface area contributed by atoms with Gasteiger partial charge in [-0.05, 0) is 41.5 Å². The van der Waals surface area contributed by atoms with E-state index in [2.05, 4.69) is 0 Å². The van der Waals surface area contributed by atoms with E-state index >= 15 is 4.39 Å². The van der Waals surface area contributed by atoms with Gasteiger partial charge in [0.15, 0.2) is 5.67 Å². The van der Waals surface area contributed by atoms with Gasteiger partial charge in [0.1, 0.15) is 5.75 Å². The molecule has 32 heavy (non-hydrogen) atoms. The summed E-state index contributed by atoms with van der Waals surface area (Å²) in [5.41, 5.74) is 4.43. The number of fused-ring (bicyclic) bond motifs is 5. The number of benzene rings is 4. The number of alkyl halides is 1. The SMILES string of the molecule is COc1ccc(-c2nc3ccccc3c3c2-c2ccccc2C3(F)c2ccccc2)cc1. The van der Waals surface area contributed by atoms with Crippen LogP contribution in [0.5, 0.6) is 5.75 Å². The normalized spacial score (nSPS) is 16.6. The molecule has 5 aromatic rings. The fourth-order valence-corrected chi connectivity index (χ4v) is 4.89. The summed E-state index contributed by atoms with van der Waals surface area (Å²) in [6.07, 6.45) is 0. The first kappa shape index (κ1) is 18.8. The van der Waals surface area contributed by atoms with Crippen LogP contribution >= 0.6 is 0 Å². The Balaban J connectivity index is 1.77. The van der Waals surface area contributed by atoms with Gasteiger partial charge in [0.05, 0.1) is 18.3 Å². The molecule has 1 unspecified atom stereocenters. The molecular weight excluding hydrogens is 397 g/mol. The summed E-state index contributed by atoms with van der Waals surface area (Å²) in [6, 6.07) is 32.8. The van der Waals surface area contributed by atoms with Crippen molar-refractivity contribution in [1.29, 1.82) is 0 Å². The van der Waals surface area contributed by atoms with Crippen LogP contribution in [0.1, 0.15) is 16.7 Å². The molecule has 154 valence electrons. The monoisotopic (exact) mass is 417 g/mol.